The Kier molecular flexibility index (Phi) is 7.01. The highest BCUT2D eigenvalue weighted by molar-refractivity contribution is 8.26. The molecule has 166 valence electrons. The van der Waals surface area contributed by atoms with Gasteiger partial charge in [0, 0.05) is 40.3 Å². The van der Waals surface area contributed by atoms with Crippen molar-refractivity contribution >= 4 is 74.4 Å². The molecule has 0 spiro atoms. The standard InChI is InChI=1S/C25H24Cl2N2OS2/c1-4-16-6-5-7-20-18(10-22-24(30)29(12-15(2)3)25(31)32-22)14-28(23(16)20)13-17-8-9-19(26)11-21(17)27/h5-11,14-15H,4,12-13H2,1-3H3/b22-10-. The Balaban J connectivity index is 1.79. The second kappa shape index (κ2) is 9.60. The molecule has 2 heterocycles. The van der Waals surface area contributed by atoms with Crippen molar-refractivity contribution in [2.45, 2.75) is 33.7 Å². The maximum Gasteiger partial charge on any atom is 0.266 e. The fraction of sp³-hybridized carbons (Fsp3) is 0.280. The van der Waals surface area contributed by atoms with Gasteiger partial charge in [-0.25, -0.2) is 0 Å². The number of benzene rings is 2. The molecule has 7 heteroatoms. The number of halogens is 2. The van der Waals surface area contributed by atoms with E-state index < -0.39 is 0 Å². The van der Waals surface area contributed by atoms with Gasteiger partial charge in [-0.3, -0.25) is 9.69 Å². The van der Waals surface area contributed by atoms with Crippen molar-refractivity contribution in [3.8, 4) is 0 Å². The van der Waals surface area contributed by atoms with Crippen molar-refractivity contribution in [1.82, 2.24) is 9.47 Å². The van der Waals surface area contributed by atoms with Crippen molar-refractivity contribution < 1.29 is 4.79 Å². The fourth-order valence-corrected chi connectivity index (χ4v) is 5.72. The molecular weight excluding hydrogens is 479 g/mol. The van der Waals surface area contributed by atoms with Crippen LogP contribution in [0.25, 0.3) is 17.0 Å². The maximum atomic E-state index is 13.0. The number of carbonyl (C=O) groups excluding carboxylic acids is 1. The average molecular weight is 504 g/mol. The molecule has 0 bridgehead atoms. The van der Waals surface area contributed by atoms with Gasteiger partial charge in [0.05, 0.1) is 10.4 Å². The lowest BCUT2D eigenvalue weighted by Gasteiger charge is -2.16. The number of para-hydroxylation sites is 1. The molecule has 1 aliphatic heterocycles. The van der Waals surface area contributed by atoms with E-state index in [1.54, 1.807) is 11.0 Å². The van der Waals surface area contributed by atoms with E-state index in [0.29, 0.717) is 38.3 Å². The highest BCUT2D eigenvalue weighted by Gasteiger charge is 2.32. The van der Waals surface area contributed by atoms with Gasteiger partial charge in [-0.2, -0.15) is 0 Å². The van der Waals surface area contributed by atoms with Crippen LogP contribution in [0.1, 0.15) is 37.5 Å². The highest BCUT2D eigenvalue weighted by Crippen LogP contribution is 2.36. The topological polar surface area (TPSA) is 25.2 Å². The lowest BCUT2D eigenvalue weighted by molar-refractivity contribution is -0.122. The van der Waals surface area contributed by atoms with E-state index in [1.807, 2.05) is 18.2 Å². The van der Waals surface area contributed by atoms with Gasteiger partial charge in [-0.05, 0) is 41.7 Å². The normalized spacial score (nSPS) is 15.7. The minimum absolute atomic E-state index is 0.0120. The minimum atomic E-state index is -0.0120. The molecular formula is C25H24Cl2N2OS2. The van der Waals surface area contributed by atoms with E-state index in [4.69, 9.17) is 35.4 Å². The Bertz CT molecular complexity index is 1250. The Hall–Kier alpha value is -1.79. The molecule has 3 nitrogen and oxygen atoms in total. The lowest BCUT2D eigenvalue weighted by atomic mass is 10.1. The molecule has 4 rings (SSSR count). The van der Waals surface area contributed by atoms with Crippen LogP contribution in [0.2, 0.25) is 10.0 Å². The molecule has 1 amide bonds. The summed E-state index contributed by atoms with van der Waals surface area (Å²) in [6, 6.07) is 11.9. The van der Waals surface area contributed by atoms with E-state index in [2.05, 4.69) is 49.7 Å². The Labute approximate surface area is 208 Å². The van der Waals surface area contributed by atoms with Gasteiger partial charge in [0.1, 0.15) is 4.32 Å². The first-order valence-corrected chi connectivity index (χ1v) is 12.6. The van der Waals surface area contributed by atoms with E-state index >= 15 is 0 Å². The minimum Gasteiger partial charge on any atom is -0.342 e. The Morgan fingerprint density at radius 1 is 1.16 bits per heavy atom. The average Bonchev–Trinajstić information content (AvgIpc) is 3.22. The number of carbonyl (C=O) groups is 1. The van der Waals surface area contributed by atoms with E-state index in [9.17, 15) is 4.79 Å². The number of fused-ring (bicyclic) bond motifs is 1. The van der Waals surface area contributed by atoms with Crippen LogP contribution in [0.15, 0.2) is 47.5 Å². The van der Waals surface area contributed by atoms with Crippen LogP contribution in [-0.4, -0.2) is 26.2 Å². The van der Waals surface area contributed by atoms with Crippen LogP contribution >= 0.6 is 47.2 Å². The van der Waals surface area contributed by atoms with Crippen LogP contribution in [0.3, 0.4) is 0 Å². The first-order chi connectivity index (χ1) is 15.3. The Morgan fingerprint density at radius 2 is 1.94 bits per heavy atom. The third kappa shape index (κ3) is 4.62. The monoisotopic (exact) mass is 502 g/mol. The summed E-state index contributed by atoms with van der Waals surface area (Å²) in [6.45, 7) is 7.58. The lowest BCUT2D eigenvalue weighted by Crippen LogP contribution is -2.31. The summed E-state index contributed by atoms with van der Waals surface area (Å²) >= 11 is 19.4. The van der Waals surface area contributed by atoms with Crippen molar-refractivity contribution in [1.29, 1.82) is 0 Å². The fourth-order valence-electron chi connectivity index (χ4n) is 3.99. The van der Waals surface area contributed by atoms with Crippen molar-refractivity contribution in [2.75, 3.05) is 6.54 Å². The number of thiocarbonyl (C=S) groups is 1. The third-order valence-corrected chi connectivity index (χ3v) is 7.42. The summed E-state index contributed by atoms with van der Waals surface area (Å²) in [4.78, 5) is 15.4. The summed E-state index contributed by atoms with van der Waals surface area (Å²) in [5.41, 5.74) is 4.41. The van der Waals surface area contributed by atoms with Gasteiger partial charge < -0.3 is 4.57 Å². The molecule has 2 aromatic carbocycles. The highest BCUT2D eigenvalue weighted by atomic mass is 35.5. The van der Waals surface area contributed by atoms with Crippen molar-refractivity contribution in [3.63, 3.8) is 0 Å². The van der Waals surface area contributed by atoms with Crippen LogP contribution < -0.4 is 0 Å². The van der Waals surface area contributed by atoms with Gasteiger partial charge >= 0.3 is 0 Å². The van der Waals surface area contributed by atoms with E-state index in [-0.39, 0.29) is 5.91 Å². The van der Waals surface area contributed by atoms with Crippen LogP contribution in [-0.2, 0) is 17.8 Å². The predicted octanol–water partition coefficient (Wildman–Crippen LogP) is 7.42. The molecule has 1 aromatic heterocycles. The molecule has 0 unspecified atom stereocenters. The number of hydrogen-bond acceptors (Lipinski definition) is 3. The van der Waals surface area contributed by atoms with Gasteiger partial charge in [0.25, 0.3) is 5.91 Å². The number of aromatic nitrogens is 1. The van der Waals surface area contributed by atoms with Crippen molar-refractivity contribution in [2.24, 2.45) is 5.92 Å². The Morgan fingerprint density at radius 3 is 2.62 bits per heavy atom. The number of rotatable bonds is 6. The summed E-state index contributed by atoms with van der Waals surface area (Å²) in [6.07, 6.45) is 4.98. The molecule has 0 aliphatic carbocycles. The molecule has 0 N–H and O–H groups in total. The molecule has 0 saturated carbocycles. The van der Waals surface area contributed by atoms with Gasteiger partial charge in [0.15, 0.2) is 0 Å². The molecule has 32 heavy (non-hydrogen) atoms. The third-order valence-electron chi connectivity index (χ3n) is 5.46. The van der Waals surface area contributed by atoms with Crippen LogP contribution in [0.5, 0.6) is 0 Å². The van der Waals surface area contributed by atoms with Crippen LogP contribution in [0, 0.1) is 5.92 Å². The molecule has 0 radical (unpaired) electrons. The second-order valence-corrected chi connectivity index (χ2v) is 10.8. The zero-order chi connectivity index (χ0) is 23.0. The first kappa shape index (κ1) is 23.4. The number of amides is 1. The van der Waals surface area contributed by atoms with E-state index in [0.717, 1.165) is 28.5 Å². The van der Waals surface area contributed by atoms with Gasteiger partial charge in [0.2, 0.25) is 0 Å². The number of aryl methyl sites for hydroxylation is 1. The number of thioether (sulfide) groups is 1. The largest absolute Gasteiger partial charge is 0.342 e. The second-order valence-electron chi connectivity index (χ2n) is 8.30. The number of hydrogen-bond donors (Lipinski definition) is 0. The van der Waals surface area contributed by atoms with Crippen molar-refractivity contribution in [3.05, 3.63) is 74.2 Å². The summed E-state index contributed by atoms with van der Waals surface area (Å²) in [5, 5.41) is 2.38. The molecule has 1 saturated heterocycles. The van der Waals surface area contributed by atoms with Gasteiger partial charge in [-0.1, -0.05) is 92.2 Å². The summed E-state index contributed by atoms with van der Waals surface area (Å²) < 4.78 is 2.84. The molecule has 0 atom stereocenters. The predicted molar refractivity (Wildman–Crippen MR) is 142 cm³/mol. The quantitative estimate of drug-likeness (QED) is 0.259. The smallest absolute Gasteiger partial charge is 0.266 e. The molecule has 1 fully saturated rings. The zero-order valence-corrected chi connectivity index (χ0v) is 21.3. The summed E-state index contributed by atoms with van der Waals surface area (Å²) in [7, 11) is 0. The SMILES string of the molecule is CCc1cccc2c(/C=C3\SC(=S)N(CC(C)C)C3=O)cn(Cc3ccc(Cl)cc3Cl)c12. The first-order valence-electron chi connectivity index (χ1n) is 10.6. The maximum absolute atomic E-state index is 13.0. The zero-order valence-electron chi connectivity index (χ0n) is 18.2. The summed E-state index contributed by atoms with van der Waals surface area (Å²) in [5.74, 6) is 0.344. The number of nitrogens with zero attached hydrogens (tertiary/aromatic N) is 2. The molecule has 1 aliphatic rings. The van der Waals surface area contributed by atoms with Gasteiger partial charge in [-0.15, -0.1) is 0 Å². The van der Waals surface area contributed by atoms with E-state index in [1.165, 1.54) is 17.3 Å². The molecule has 3 aromatic rings. The van der Waals surface area contributed by atoms with Crippen LogP contribution in [0.4, 0.5) is 0 Å².